The number of likely N-dealkylation sites (tertiary alicyclic amines) is 1. The van der Waals surface area contributed by atoms with E-state index in [1.165, 1.54) is 23.7 Å². The second-order valence-corrected chi connectivity index (χ2v) is 7.00. The molecule has 0 saturated carbocycles. The summed E-state index contributed by atoms with van der Waals surface area (Å²) in [5, 5.41) is 4.20. The largest absolute Gasteiger partial charge is 0.356 e. The van der Waals surface area contributed by atoms with Crippen LogP contribution in [-0.2, 0) is 0 Å². The highest BCUT2D eigenvalue weighted by atomic mass is 32.1. The van der Waals surface area contributed by atoms with Crippen LogP contribution >= 0.6 is 11.5 Å². The Kier molecular flexibility index (Phi) is 4.59. The predicted molar refractivity (Wildman–Crippen MR) is 87.8 cm³/mol. The van der Waals surface area contributed by atoms with Crippen molar-refractivity contribution in [2.24, 2.45) is 0 Å². The van der Waals surface area contributed by atoms with Crippen LogP contribution in [0.5, 0.6) is 0 Å². The van der Waals surface area contributed by atoms with Gasteiger partial charge in [0.2, 0.25) is 5.13 Å². The molecule has 1 aliphatic heterocycles. The van der Waals surface area contributed by atoms with E-state index in [2.05, 4.69) is 33.4 Å². The van der Waals surface area contributed by atoms with Gasteiger partial charge in [-0.2, -0.15) is 4.37 Å². The van der Waals surface area contributed by atoms with Crippen molar-refractivity contribution in [2.45, 2.75) is 38.3 Å². The van der Waals surface area contributed by atoms with Crippen molar-refractivity contribution in [3.05, 3.63) is 41.2 Å². The van der Waals surface area contributed by atoms with E-state index in [0.717, 1.165) is 29.5 Å². The molecule has 2 atom stereocenters. The summed E-state index contributed by atoms with van der Waals surface area (Å²) in [6, 6.07) is 4.21. The quantitative estimate of drug-likeness (QED) is 0.921. The fourth-order valence-electron chi connectivity index (χ4n) is 2.97. The first kappa shape index (κ1) is 16.3. The van der Waals surface area contributed by atoms with E-state index >= 15 is 0 Å². The molecule has 124 valence electrons. The summed E-state index contributed by atoms with van der Waals surface area (Å²) in [6.07, 6.45) is 0.913. The normalized spacial score (nSPS) is 22.0. The van der Waals surface area contributed by atoms with Crippen LogP contribution in [0.1, 0.15) is 43.6 Å². The third kappa shape index (κ3) is 3.35. The molecule has 1 saturated heterocycles. The molecular formula is C16H20F2N4S. The fraction of sp³-hybridized carbons (Fsp3) is 0.500. The fourth-order valence-corrected chi connectivity index (χ4v) is 3.74. The second kappa shape index (κ2) is 6.49. The maximum atomic E-state index is 13.6. The van der Waals surface area contributed by atoms with Gasteiger partial charge in [-0.1, -0.05) is 19.9 Å². The Morgan fingerprint density at radius 1 is 1.30 bits per heavy atom. The van der Waals surface area contributed by atoms with Gasteiger partial charge >= 0.3 is 0 Å². The number of hydrogen-bond acceptors (Lipinski definition) is 5. The molecule has 23 heavy (non-hydrogen) atoms. The number of anilines is 1. The minimum absolute atomic E-state index is 0.0171. The van der Waals surface area contributed by atoms with Gasteiger partial charge in [-0.25, -0.2) is 13.8 Å². The molecule has 0 bridgehead atoms. The van der Waals surface area contributed by atoms with Crippen LogP contribution in [0.25, 0.3) is 0 Å². The van der Waals surface area contributed by atoms with E-state index in [1.54, 1.807) is 6.07 Å². The van der Waals surface area contributed by atoms with Crippen LogP contribution in [0.3, 0.4) is 0 Å². The number of nitrogens with zero attached hydrogens (tertiary/aromatic N) is 3. The van der Waals surface area contributed by atoms with Gasteiger partial charge in [0, 0.05) is 30.0 Å². The Morgan fingerprint density at radius 3 is 2.74 bits per heavy atom. The smallest absolute Gasteiger partial charge is 0.202 e. The highest BCUT2D eigenvalue weighted by molar-refractivity contribution is 7.09. The first-order valence-electron chi connectivity index (χ1n) is 7.71. The van der Waals surface area contributed by atoms with E-state index in [9.17, 15) is 8.78 Å². The lowest BCUT2D eigenvalue weighted by atomic mass is 10.00. The summed E-state index contributed by atoms with van der Waals surface area (Å²) in [7, 11) is 1.99. The van der Waals surface area contributed by atoms with Gasteiger partial charge in [-0.05, 0) is 31.2 Å². The Hall–Kier alpha value is -1.60. The first-order valence-corrected chi connectivity index (χ1v) is 8.48. The van der Waals surface area contributed by atoms with E-state index < -0.39 is 11.6 Å². The van der Waals surface area contributed by atoms with Gasteiger partial charge in [-0.15, -0.1) is 0 Å². The van der Waals surface area contributed by atoms with Crippen LogP contribution in [-0.4, -0.2) is 33.9 Å². The number of rotatable bonds is 4. The molecule has 2 heterocycles. The maximum absolute atomic E-state index is 13.6. The number of benzene rings is 1. The molecule has 4 nitrogen and oxygen atoms in total. The highest BCUT2D eigenvalue weighted by Crippen LogP contribution is 2.34. The van der Waals surface area contributed by atoms with Gasteiger partial charge in [0.05, 0.1) is 6.04 Å². The maximum Gasteiger partial charge on any atom is 0.202 e. The van der Waals surface area contributed by atoms with Gasteiger partial charge in [-0.3, -0.25) is 4.90 Å². The average molecular weight is 338 g/mol. The Bertz CT molecular complexity index is 688. The molecule has 0 amide bonds. The number of hydrogen-bond donors (Lipinski definition) is 1. The molecular weight excluding hydrogens is 318 g/mol. The summed E-state index contributed by atoms with van der Waals surface area (Å²) in [5.74, 6) is -0.507. The predicted octanol–water partition coefficient (Wildman–Crippen LogP) is 3.80. The molecule has 1 aliphatic rings. The molecule has 0 spiro atoms. The van der Waals surface area contributed by atoms with Gasteiger partial charge < -0.3 is 5.32 Å². The van der Waals surface area contributed by atoms with E-state index in [4.69, 9.17) is 0 Å². The molecule has 1 N–H and O–H groups in total. The number of nitrogens with one attached hydrogen (secondary N) is 1. The van der Waals surface area contributed by atoms with Crippen LogP contribution in [0.15, 0.2) is 18.2 Å². The zero-order chi connectivity index (χ0) is 16.6. The monoisotopic (exact) mass is 338 g/mol. The molecule has 1 aromatic heterocycles. The van der Waals surface area contributed by atoms with Crippen molar-refractivity contribution in [3.63, 3.8) is 0 Å². The molecule has 2 aromatic rings. The molecule has 0 aliphatic carbocycles. The SMILES string of the molecule is CC(C)c1nsc(N[C@@H]2CCN(C)[C@H]2c2ccc(F)c(F)c2)n1. The van der Waals surface area contributed by atoms with Crippen molar-refractivity contribution in [1.82, 2.24) is 14.3 Å². The van der Waals surface area contributed by atoms with Crippen molar-refractivity contribution in [3.8, 4) is 0 Å². The molecule has 1 aromatic carbocycles. The molecule has 0 unspecified atom stereocenters. The lowest BCUT2D eigenvalue weighted by Crippen LogP contribution is -2.29. The van der Waals surface area contributed by atoms with E-state index in [0.29, 0.717) is 0 Å². The Balaban J connectivity index is 1.81. The Morgan fingerprint density at radius 2 is 2.09 bits per heavy atom. The van der Waals surface area contributed by atoms with Crippen LogP contribution < -0.4 is 5.32 Å². The lowest BCUT2D eigenvalue weighted by molar-refractivity contribution is 0.308. The Labute approximate surface area is 138 Å². The third-order valence-corrected chi connectivity index (χ3v) is 4.86. The van der Waals surface area contributed by atoms with E-state index in [-0.39, 0.29) is 18.0 Å². The second-order valence-electron chi connectivity index (χ2n) is 6.25. The molecule has 7 heteroatoms. The third-order valence-electron chi connectivity index (χ3n) is 4.20. The summed E-state index contributed by atoms with van der Waals surface area (Å²) in [5.41, 5.74) is 0.773. The average Bonchev–Trinajstić information content (AvgIpc) is 3.10. The van der Waals surface area contributed by atoms with Crippen molar-refractivity contribution >= 4 is 16.7 Å². The molecule has 0 radical (unpaired) electrons. The minimum Gasteiger partial charge on any atom is -0.356 e. The van der Waals surface area contributed by atoms with Crippen LogP contribution in [0, 0.1) is 11.6 Å². The summed E-state index contributed by atoms with van der Waals surface area (Å²) in [6.45, 7) is 5.00. The van der Waals surface area contributed by atoms with Crippen molar-refractivity contribution < 1.29 is 8.78 Å². The summed E-state index contributed by atoms with van der Waals surface area (Å²) < 4.78 is 31.1. The highest BCUT2D eigenvalue weighted by Gasteiger charge is 2.34. The minimum atomic E-state index is -0.815. The topological polar surface area (TPSA) is 41.1 Å². The summed E-state index contributed by atoms with van der Waals surface area (Å²) >= 11 is 1.34. The zero-order valence-corrected chi connectivity index (χ0v) is 14.2. The molecule has 3 rings (SSSR count). The van der Waals surface area contributed by atoms with Crippen LogP contribution in [0.4, 0.5) is 13.9 Å². The van der Waals surface area contributed by atoms with Crippen molar-refractivity contribution in [1.29, 1.82) is 0 Å². The zero-order valence-electron chi connectivity index (χ0n) is 13.4. The van der Waals surface area contributed by atoms with Gasteiger partial charge in [0.1, 0.15) is 5.82 Å². The van der Waals surface area contributed by atoms with Crippen LogP contribution in [0.2, 0.25) is 0 Å². The number of aromatic nitrogens is 2. The van der Waals surface area contributed by atoms with E-state index in [1.807, 2.05) is 7.05 Å². The number of halogens is 2. The standard InChI is InChI=1S/C16H20F2N4S/c1-9(2)15-20-16(23-21-15)19-13-6-7-22(3)14(13)10-4-5-11(17)12(18)8-10/h4-5,8-9,13-14H,6-7H2,1-3H3,(H,19,20,21)/t13-,14+/m1/s1. The lowest BCUT2D eigenvalue weighted by Gasteiger charge is -2.26. The molecule has 1 fully saturated rings. The summed E-state index contributed by atoms with van der Waals surface area (Å²) in [4.78, 5) is 6.65. The number of likely N-dealkylation sites (N-methyl/N-ethyl adjacent to an activating group) is 1. The van der Waals surface area contributed by atoms with Gasteiger partial charge in [0.15, 0.2) is 11.6 Å². The van der Waals surface area contributed by atoms with Gasteiger partial charge in [0.25, 0.3) is 0 Å². The van der Waals surface area contributed by atoms with Crippen molar-refractivity contribution in [2.75, 3.05) is 18.9 Å². The first-order chi connectivity index (χ1) is 11.0.